The zero-order valence-corrected chi connectivity index (χ0v) is 25.5. The molecule has 0 amide bonds. The Hall–Kier alpha value is -4.97. The zero-order chi connectivity index (χ0) is 31.0. The predicted octanol–water partition coefficient (Wildman–Crippen LogP) is 8.07. The van der Waals surface area contributed by atoms with Crippen LogP contribution in [-0.4, -0.2) is 10.1 Å². The molecule has 1 aliphatic carbocycles. The van der Waals surface area contributed by atoms with Gasteiger partial charge in [0.25, 0.3) is 5.56 Å². The number of benzene rings is 4. The van der Waals surface area contributed by atoms with Crippen LogP contribution in [0.2, 0.25) is 0 Å². The molecule has 6 rings (SSSR count). The monoisotopic (exact) mass is 584 g/mol. The Morgan fingerprint density at radius 3 is 2.25 bits per heavy atom. The maximum Gasteiger partial charge on any atom is 0.281 e. The van der Waals surface area contributed by atoms with Gasteiger partial charge in [0.05, 0.1) is 16.3 Å². The number of aliphatic hydroxyl groups is 1. The largest absolute Gasteiger partial charge is 0.511 e. The molecule has 0 saturated heterocycles. The highest BCUT2D eigenvalue weighted by atomic mass is 16.5. The number of nitrogens with zero attached hydrogens (tertiary/aromatic N) is 1. The fraction of sp³-hybridized carbons (Fsp3) is 0.237. The molecule has 0 atom stereocenters. The minimum atomic E-state index is -0.551. The van der Waals surface area contributed by atoms with Crippen LogP contribution in [0, 0.1) is 10.4 Å². The number of aromatic nitrogens is 1. The van der Waals surface area contributed by atoms with Crippen LogP contribution in [0.25, 0.3) is 27.4 Å². The maximum absolute atomic E-state index is 14.2. The number of fused-ring (bicyclic) bond motifs is 2. The Labute approximate surface area is 255 Å². The number of anilines is 2. The van der Waals surface area contributed by atoms with Crippen molar-refractivity contribution in [3.8, 4) is 11.5 Å². The Kier molecular flexibility index (Phi) is 7.68. The van der Waals surface area contributed by atoms with E-state index in [1.165, 1.54) is 5.56 Å². The minimum Gasteiger partial charge on any atom is -0.511 e. The second-order valence-corrected chi connectivity index (χ2v) is 12.0. The van der Waals surface area contributed by atoms with Crippen LogP contribution in [0.3, 0.4) is 0 Å². The third-order valence-electron chi connectivity index (χ3n) is 8.72. The highest BCUT2D eigenvalue weighted by Gasteiger charge is 2.22. The lowest BCUT2D eigenvalue weighted by atomic mass is 9.82. The molecule has 2 N–H and O–H groups in total. The predicted molar refractivity (Wildman–Crippen MR) is 179 cm³/mol. The number of unbranched alkanes of at least 4 members (excludes halogenated alkanes) is 1. The third-order valence-corrected chi connectivity index (χ3v) is 8.72. The van der Waals surface area contributed by atoms with Crippen LogP contribution in [0.15, 0.2) is 94.5 Å². The molecule has 1 aliphatic heterocycles. The Balaban J connectivity index is 1.74. The van der Waals surface area contributed by atoms with Crippen molar-refractivity contribution in [3.63, 3.8) is 0 Å². The lowest BCUT2D eigenvalue weighted by Crippen LogP contribution is -2.33. The number of nitrogens with one attached hydrogen (secondary N) is 1. The quantitative estimate of drug-likeness (QED) is 0.179. The van der Waals surface area contributed by atoms with E-state index in [2.05, 4.69) is 43.2 Å². The molecule has 0 spiro atoms. The van der Waals surface area contributed by atoms with Gasteiger partial charge >= 0.3 is 0 Å². The molecule has 0 fully saturated rings. The summed E-state index contributed by atoms with van der Waals surface area (Å²) in [5, 5.41) is 17.3. The van der Waals surface area contributed by atoms with Gasteiger partial charge in [-0.1, -0.05) is 88.7 Å². The van der Waals surface area contributed by atoms with E-state index in [9.17, 15) is 14.7 Å². The molecule has 6 heteroatoms. The summed E-state index contributed by atoms with van der Waals surface area (Å²) in [7, 11) is 0. The number of para-hydroxylation sites is 1. The van der Waals surface area contributed by atoms with Crippen molar-refractivity contribution in [2.24, 2.45) is 0 Å². The first-order chi connectivity index (χ1) is 21.2. The van der Waals surface area contributed by atoms with Gasteiger partial charge in [-0.25, -0.2) is 4.98 Å². The van der Waals surface area contributed by atoms with Crippen LogP contribution in [0.1, 0.15) is 58.9 Å². The summed E-state index contributed by atoms with van der Waals surface area (Å²) in [5.41, 5.74) is 2.08. The fourth-order valence-electron chi connectivity index (χ4n) is 5.83. The molecule has 0 unspecified atom stereocenters. The zero-order valence-electron chi connectivity index (χ0n) is 25.5. The Morgan fingerprint density at radius 1 is 0.886 bits per heavy atom. The van der Waals surface area contributed by atoms with Crippen molar-refractivity contribution in [2.45, 2.75) is 58.8 Å². The van der Waals surface area contributed by atoms with E-state index < -0.39 is 5.56 Å². The molecule has 0 bridgehead atoms. The van der Waals surface area contributed by atoms with E-state index in [4.69, 9.17) is 4.74 Å². The summed E-state index contributed by atoms with van der Waals surface area (Å²) in [6.45, 7) is 8.60. The molecule has 4 aromatic carbocycles. The van der Waals surface area contributed by atoms with Crippen molar-refractivity contribution < 1.29 is 9.84 Å². The average Bonchev–Trinajstić information content (AvgIpc) is 3.03. The second-order valence-electron chi connectivity index (χ2n) is 12.0. The lowest BCUT2D eigenvalue weighted by Gasteiger charge is -2.23. The molecule has 2 aliphatic rings. The molecular formula is C38H36N2O4. The molecule has 4 aromatic rings. The lowest BCUT2D eigenvalue weighted by molar-refractivity contribution is 0.470. The van der Waals surface area contributed by atoms with Crippen LogP contribution in [0.5, 0.6) is 11.5 Å². The van der Waals surface area contributed by atoms with Crippen LogP contribution >= 0.6 is 0 Å². The number of ether oxygens (including phenoxy) is 1. The van der Waals surface area contributed by atoms with Gasteiger partial charge in [-0.2, -0.15) is 0 Å². The van der Waals surface area contributed by atoms with Crippen molar-refractivity contribution in [3.05, 3.63) is 127 Å². The van der Waals surface area contributed by atoms with Crippen molar-refractivity contribution >= 4 is 38.8 Å². The van der Waals surface area contributed by atoms with Gasteiger partial charge in [-0.3, -0.25) is 9.59 Å². The fourth-order valence-corrected chi connectivity index (χ4v) is 5.83. The van der Waals surface area contributed by atoms with E-state index >= 15 is 0 Å². The number of hydrogen-bond donors (Lipinski definition) is 2. The van der Waals surface area contributed by atoms with E-state index in [0.717, 1.165) is 18.5 Å². The molecule has 0 aromatic heterocycles. The number of rotatable bonds is 9. The average molecular weight is 585 g/mol. The summed E-state index contributed by atoms with van der Waals surface area (Å²) in [6.07, 6.45) is 2.90. The van der Waals surface area contributed by atoms with Gasteiger partial charge in [-0.05, 0) is 53.5 Å². The standard InChI is InChI=1S/C38H36N2O4/c1-5-7-17-29(41)33-31-26-15-11-12-16-27(26)36(42)32-28(39-24-13-9-8-10-14-24)22-30(35(34(31)32)40-37(33)43)44-25-20-18-23(19-21-25)38(3,4)6-2/h8-16,18-22,39,41H,5-7,17H2,1-4H3. The molecule has 44 heavy (non-hydrogen) atoms. The second kappa shape index (κ2) is 11.6. The van der Waals surface area contributed by atoms with E-state index in [0.29, 0.717) is 56.6 Å². The first-order valence-corrected chi connectivity index (χ1v) is 15.2. The SMILES string of the molecule is CCCCC(O)=c1c(=O)nc2c(Oc3ccc(C(C)(C)CC)cc3)cc(Nc3ccccc3)c3c2=c1c1ccccc1c3=O. The van der Waals surface area contributed by atoms with Gasteiger partial charge < -0.3 is 15.2 Å². The van der Waals surface area contributed by atoms with Crippen LogP contribution < -0.4 is 26.3 Å². The Morgan fingerprint density at radius 2 is 1.57 bits per heavy atom. The molecular weight excluding hydrogens is 548 g/mol. The third kappa shape index (κ3) is 5.11. The van der Waals surface area contributed by atoms with E-state index in [1.807, 2.05) is 67.6 Å². The van der Waals surface area contributed by atoms with E-state index in [-0.39, 0.29) is 27.3 Å². The highest BCUT2D eigenvalue weighted by molar-refractivity contribution is 5.97. The van der Waals surface area contributed by atoms with Gasteiger partial charge in [0, 0.05) is 34.0 Å². The smallest absolute Gasteiger partial charge is 0.281 e. The molecule has 6 nitrogen and oxygen atoms in total. The first-order valence-electron chi connectivity index (χ1n) is 15.2. The van der Waals surface area contributed by atoms with Crippen molar-refractivity contribution in [1.82, 2.24) is 4.98 Å². The summed E-state index contributed by atoms with van der Waals surface area (Å²) < 4.78 is 6.47. The minimum absolute atomic E-state index is 0.0188. The van der Waals surface area contributed by atoms with Crippen molar-refractivity contribution in [2.75, 3.05) is 5.32 Å². The van der Waals surface area contributed by atoms with Gasteiger partial charge in [0.15, 0.2) is 11.2 Å². The normalized spacial score (nSPS) is 12.6. The number of aliphatic hydroxyl groups excluding tert-OH is 1. The van der Waals surface area contributed by atoms with Gasteiger partial charge in [0.1, 0.15) is 17.0 Å². The van der Waals surface area contributed by atoms with Crippen molar-refractivity contribution in [1.29, 1.82) is 0 Å². The summed E-state index contributed by atoms with van der Waals surface area (Å²) in [5.74, 6) is 0.908. The topological polar surface area (TPSA) is 88.5 Å². The summed E-state index contributed by atoms with van der Waals surface area (Å²) >= 11 is 0. The maximum atomic E-state index is 14.2. The molecule has 1 heterocycles. The summed E-state index contributed by atoms with van der Waals surface area (Å²) in [4.78, 5) is 32.5. The highest BCUT2D eigenvalue weighted by Crippen LogP contribution is 2.36. The van der Waals surface area contributed by atoms with E-state index in [1.54, 1.807) is 12.1 Å². The molecule has 0 radical (unpaired) electrons. The first kappa shape index (κ1) is 29.1. The molecule has 0 saturated carbocycles. The van der Waals surface area contributed by atoms with Crippen LogP contribution in [0.4, 0.5) is 11.4 Å². The molecule has 222 valence electrons. The Bertz CT molecular complexity index is 2210. The van der Waals surface area contributed by atoms with Gasteiger partial charge in [-0.15, -0.1) is 0 Å². The summed E-state index contributed by atoms with van der Waals surface area (Å²) in [6, 6.07) is 26.5. The number of hydrogen-bond acceptors (Lipinski definition) is 6. The van der Waals surface area contributed by atoms with Gasteiger partial charge in [0.2, 0.25) is 0 Å². The van der Waals surface area contributed by atoms with Crippen LogP contribution in [-0.2, 0) is 5.41 Å².